The fourth-order valence-electron chi connectivity index (χ4n) is 7.18. The first kappa shape index (κ1) is 24.9. The van der Waals surface area contributed by atoms with Crippen LogP contribution in [0, 0.1) is 18.7 Å². The number of nitrogens with zero attached hydrogens (tertiary/aromatic N) is 5. The lowest BCUT2D eigenvalue weighted by molar-refractivity contribution is 0.107. The van der Waals surface area contributed by atoms with Gasteiger partial charge in [-0.2, -0.15) is 9.97 Å². The summed E-state index contributed by atoms with van der Waals surface area (Å²) in [7, 11) is 0. The van der Waals surface area contributed by atoms with Crippen molar-refractivity contribution in [2.45, 2.75) is 56.8 Å². The number of nitrogens with one attached hydrogen (secondary N) is 1. The average molecular weight is 537 g/mol. The van der Waals surface area contributed by atoms with E-state index in [4.69, 9.17) is 9.72 Å². The summed E-state index contributed by atoms with van der Waals surface area (Å²) in [5.74, 6) is 0.710. The van der Waals surface area contributed by atoms with Crippen LogP contribution in [0.1, 0.15) is 37.7 Å². The molecule has 2 aromatic heterocycles. The summed E-state index contributed by atoms with van der Waals surface area (Å²) in [4.78, 5) is 18.3. The van der Waals surface area contributed by atoms with Gasteiger partial charge in [0.2, 0.25) is 0 Å². The Morgan fingerprint density at radius 1 is 1.23 bits per heavy atom. The molecule has 0 radical (unpaired) electrons. The molecule has 2 bridgehead atoms. The molecule has 0 saturated carbocycles. The maximum absolute atomic E-state index is 16.3. The van der Waals surface area contributed by atoms with E-state index in [-0.39, 0.29) is 35.1 Å². The standard InChI is InChI=1S/C29H34F2N6O2/c1-17-3-4-21(38)10-22(17)25-24(31)26-23(13-33-25)27(36-8-5-18-9-20(15-36)32-12-18)35-28(34-26)39-16-29-6-2-7-37(29)14-19(30)11-29/h3-4,10,13,18-20,32,38H,2,5-9,11-12,14-16H2,1H3/t18?,19-,20?,29+/m1/s1. The van der Waals surface area contributed by atoms with Crippen molar-refractivity contribution in [3.8, 4) is 23.0 Å². The third kappa shape index (κ3) is 4.37. The Hall–Kier alpha value is -3.11. The second-order valence-corrected chi connectivity index (χ2v) is 11.8. The molecule has 4 saturated heterocycles. The second kappa shape index (κ2) is 9.52. The highest BCUT2D eigenvalue weighted by atomic mass is 19.1. The number of aryl methyl sites for hydroxylation is 1. The van der Waals surface area contributed by atoms with Gasteiger partial charge in [0.15, 0.2) is 5.82 Å². The van der Waals surface area contributed by atoms with E-state index in [1.165, 1.54) is 6.07 Å². The van der Waals surface area contributed by atoms with Crippen LogP contribution in [-0.2, 0) is 0 Å². The van der Waals surface area contributed by atoms with E-state index in [0.717, 1.165) is 57.4 Å². The Morgan fingerprint density at radius 2 is 2.13 bits per heavy atom. The van der Waals surface area contributed by atoms with E-state index in [9.17, 15) is 9.50 Å². The van der Waals surface area contributed by atoms with E-state index in [2.05, 4.69) is 25.1 Å². The molecular formula is C29H34F2N6O2. The second-order valence-electron chi connectivity index (χ2n) is 11.8. The van der Waals surface area contributed by atoms with Gasteiger partial charge in [-0.1, -0.05) is 6.07 Å². The first-order valence-electron chi connectivity index (χ1n) is 14.0. The van der Waals surface area contributed by atoms with E-state index in [0.29, 0.717) is 41.7 Å². The Morgan fingerprint density at radius 3 is 3.03 bits per heavy atom. The molecule has 0 amide bonds. The molecule has 0 spiro atoms. The molecule has 4 fully saturated rings. The molecule has 8 nitrogen and oxygen atoms in total. The number of fused-ring (bicyclic) bond motifs is 4. The lowest BCUT2D eigenvalue weighted by atomic mass is 9.95. The molecule has 1 aromatic carbocycles. The molecular weight excluding hydrogens is 502 g/mol. The number of anilines is 1. The summed E-state index contributed by atoms with van der Waals surface area (Å²) in [6.45, 7) is 6.03. The van der Waals surface area contributed by atoms with E-state index >= 15 is 4.39 Å². The zero-order valence-electron chi connectivity index (χ0n) is 22.2. The number of hydrogen-bond acceptors (Lipinski definition) is 8. The van der Waals surface area contributed by atoms with Crippen molar-refractivity contribution in [3.05, 3.63) is 35.8 Å². The lowest BCUT2D eigenvalue weighted by Gasteiger charge is -2.31. The highest BCUT2D eigenvalue weighted by Crippen LogP contribution is 2.41. The third-order valence-corrected chi connectivity index (χ3v) is 9.21. The Kier molecular flexibility index (Phi) is 6.08. The van der Waals surface area contributed by atoms with Crippen LogP contribution in [-0.4, -0.2) is 82.0 Å². The number of phenols is 1. The first-order valence-corrected chi connectivity index (χ1v) is 14.0. The van der Waals surface area contributed by atoms with Crippen molar-refractivity contribution in [2.24, 2.45) is 5.92 Å². The van der Waals surface area contributed by atoms with Crippen molar-refractivity contribution in [2.75, 3.05) is 44.2 Å². The number of ether oxygens (including phenoxy) is 1. The minimum Gasteiger partial charge on any atom is -0.508 e. The molecule has 4 aliphatic heterocycles. The van der Waals surface area contributed by atoms with Gasteiger partial charge in [-0.15, -0.1) is 0 Å². The average Bonchev–Trinajstić information content (AvgIpc) is 3.55. The van der Waals surface area contributed by atoms with Crippen LogP contribution < -0.4 is 15.0 Å². The molecule has 206 valence electrons. The minimum absolute atomic E-state index is 0.0412. The van der Waals surface area contributed by atoms with Gasteiger partial charge in [0.25, 0.3) is 0 Å². The Balaban J connectivity index is 1.31. The molecule has 2 N–H and O–H groups in total. The Labute approximate surface area is 226 Å². The fourth-order valence-corrected chi connectivity index (χ4v) is 7.18. The molecule has 39 heavy (non-hydrogen) atoms. The molecule has 0 aliphatic carbocycles. The number of aromatic nitrogens is 3. The molecule has 3 aromatic rings. The monoisotopic (exact) mass is 536 g/mol. The van der Waals surface area contributed by atoms with Crippen molar-refractivity contribution < 1.29 is 18.6 Å². The normalized spacial score (nSPS) is 28.7. The molecule has 2 unspecified atom stereocenters. The molecule has 4 atom stereocenters. The van der Waals surface area contributed by atoms with Gasteiger partial charge in [0, 0.05) is 43.9 Å². The van der Waals surface area contributed by atoms with Crippen LogP contribution >= 0.6 is 0 Å². The smallest absolute Gasteiger partial charge is 0.319 e. The highest BCUT2D eigenvalue weighted by molar-refractivity contribution is 5.92. The minimum atomic E-state index is -0.862. The molecule has 10 heteroatoms. The van der Waals surface area contributed by atoms with Crippen molar-refractivity contribution in [3.63, 3.8) is 0 Å². The summed E-state index contributed by atoms with van der Waals surface area (Å²) in [6, 6.07) is 5.28. The maximum atomic E-state index is 16.3. The number of alkyl halides is 1. The highest BCUT2D eigenvalue weighted by Gasteiger charge is 2.49. The zero-order chi connectivity index (χ0) is 26.7. The van der Waals surface area contributed by atoms with Gasteiger partial charge in [-0.25, -0.2) is 8.78 Å². The van der Waals surface area contributed by atoms with Crippen molar-refractivity contribution in [1.29, 1.82) is 0 Å². The number of pyridine rings is 1. The van der Waals surface area contributed by atoms with Crippen LogP contribution in [0.4, 0.5) is 14.6 Å². The summed E-state index contributed by atoms with van der Waals surface area (Å²) < 4.78 is 36.8. The predicted octanol–water partition coefficient (Wildman–Crippen LogP) is 3.99. The van der Waals surface area contributed by atoms with Gasteiger partial charge in [-0.3, -0.25) is 9.88 Å². The van der Waals surface area contributed by atoms with Crippen LogP contribution in [0.25, 0.3) is 22.2 Å². The Bertz CT molecular complexity index is 1420. The van der Waals surface area contributed by atoms with E-state index < -0.39 is 12.0 Å². The van der Waals surface area contributed by atoms with Crippen molar-refractivity contribution >= 4 is 16.7 Å². The first-order chi connectivity index (χ1) is 18.9. The van der Waals surface area contributed by atoms with E-state index in [1.54, 1.807) is 18.3 Å². The van der Waals surface area contributed by atoms with Gasteiger partial charge >= 0.3 is 6.01 Å². The van der Waals surface area contributed by atoms with E-state index in [1.807, 2.05) is 6.92 Å². The quantitative estimate of drug-likeness (QED) is 0.507. The predicted molar refractivity (Wildman–Crippen MR) is 144 cm³/mol. The number of rotatable bonds is 5. The van der Waals surface area contributed by atoms with Crippen LogP contribution in [0.3, 0.4) is 0 Å². The van der Waals surface area contributed by atoms with Crippen LogP contribution in [0.2, 0.25) is 0 Å². The summed E-state index contributed by atoms with van der Waals surface area (Å²) in [5.41, 5.74) is 1.21. The number of phenolic OH excluding ortho intramolecular Hbond substituents is 1. The summed E-state index contributed by atoms with van der Waals surface area (Å²) in [5, 5.41) is 14.2. The lowest BCUT2D eigenvalue weighted by Crippen LogP contribution is -2.43. The van der Waals surface area contributed by atoms with Crippen LogP contribution in [0.15, 0.2) is 24.4 Å². The van der Waals surface area contributed by atoms with Crippen molar-refractivity contribution in [1.82, 2.24) is 25.2 Å². The zero-order valence-corrected chi connectivity index (χ0v) is 22.2. The van der Waals surface area contributed by atoms with Gasteiger partial charge in [-0.05, 0) is 69.3 Å². The summed E-state index contributed by atoms with van der Waals surface area (Å²) in [6.07, 6.45) is 5.24. The topological polar surface area (TPSA) is 86.6 Å². The number of benzene rings is 1. The SMILES string of the molecule is Cc1ccc(O)cc1-c1ncc2c(N3CCC4CNC(C4)C3)nc(OC[C@@]34CCCN3C[C@H](F)C4)nc2c1F. The molecule has 7 rings (SSSR count). The largest absolute Gasteiger partial charge is 0.508 e. The fraction of sp³-hybridized carbons (Fsp3) is 0.552. The van der Waals surface area contributed by atoms with Gasteiger partial charge < -0.3 is 20.1 Å². The number of hydrogen-bond donors (Lipinski definition) is 2. The molecule has 4 aliphatic rings. The maximum Gasteiger partial charge on any atom is 0.319 e. The van der Waals surface area contributed by atoms with Gasteiger partial charge in [0.05, 0.1) is 10.9 Å². The number of aromatic hydroxyl groups is 1. The van der Waals surface area contributed by atoms with Gasteiger partial charge in [0.1, 0.15) is 35.6 Å². The molecule has 6 heterocycles. The third-order valence-electron chi connectivity index (χ3n) is 9.21. The van der Waals surface area contributed by atoms with Crippen LogP contribution in [0.5, 0.6) is 11.8 Å². The summed E-state index contributed by atoms with van der Waals surface area (Å²) >= 11 is 0. The number of halogens is 2.